The molecule has 5 nitrogen and oxygen atoms in total. The molecule has 3 saturated heterocycles. The molecule has 4 rings (SSSR count). The zero-order chi connectivity index (χ0) is 15.7. The van der Waals surface area contributed by atoms with Gasteiger partial charge in [0.25, 0.3) is 0 Å². The fraction of sp³-hybridized carbons (Fsp3) is 0.765. The lowest BCUT2D eigenvalue weighted by Crippen LogP contribution is -2.45. The molecule has 1 atom stereocenters. The van der Waals surface area contributed by atoms with Gasteiger partial charge in [0.2, 0.25) is 5.91 Å². The minimum Gasteiger partial charge on any atom is -0.381 e. The van der Waals surface area contributed by atoms with Gasteiger partial charge < -0.3 is 9.64 Å². The normalized spacial score (nSPS) is 27.8. The van der Waals surface area contributed by atoms with Crippen LogP contribution in [-0.2, 0) is 16.1 Å². The molecule has 0 saturated carbocycles. The van der Waals surface area contributed by atoms with Crippen molar-refractivity contribution in [3.8, 4) is 0 Å². The molecule has 0 aromatic carbocycles. The average molecular weight is 335 g/mol. The maximum Gasteiger partial charge on any atom is 0.227 e. The van der Waals surface area contributed by atoms with Crippen LogP contribution < -0.4 is 0 Å². The van der Waals surface area contributed by atoms with Crippen LogP contribution in [0.3, 0.4) is 0 Å². The maximum absolute atomic E-state index is 13.1. The van der Waals surface area contributed by atoms with Crippen molar-refractivity contribution in [2.24, 2.45) is 11.3 Å². The highest BCUT2D eigenvalue weighted by molar-refractivity contribution is 7.09. The number of aromatic nitrogens is 1. The van der Waals surface area contributed by atoms with Crippen molar-refractivity contribution in [3.05, 3.63) is 16.6 Å². The Bertz CT molecular complexity index is 536. The first-order chi connectivity index (χ1) is 11.3. The van der Waals surface area contributed by atoms with Gasteiger partial charge in [0.05, 0.1) is 12.5 Å². The van der Waals surface area contributed by atoms with Crippen LogP contribution in [0.25, 0.3) is 0 Å². The first kappa shape index (κ1) is 15.5. The van der Waals surface area contributed by atoms with Gasteiger partial charge in [0.15, 0.2) is 0 Å². The van der Waals surface area contributed by atoms with Crippen LogP contribution in [0, 0.1) is 11.3 Å². The lowest BCUT2D eigenvalue weighted by molar-refractivity contribution is -0.139. The minimum atomic E-state index is 0.120. The number of rotatable bonds is 3. The van der Waals surface area contributed by atoms with Crippen molar-refractivity contribution >= 4 is 17.2 Å². The number of nitrogens with zero attached hydrogens (tertiary/aromatic N) is 3. The van der Waals surface area contributed by atoms with Crippen LogP contribution in [0.4, 0.5) is 0 Å². The number of carbonyl (C=O) groups is 1. The Morgan fingerprint density at radius 2 is 2.13 bits per heavy atom. The van der Waals surface area contributed by atoms with E-state index in [-0.39, 0.29) is 11.3 Å². The number of hydrogen-bond acceptors (Lipinski definition) is 5. The summed E-state index contributed by atoms with van der Waals surface area (Å²) < 4.78 is 5.60. The summed E-state index contributed by atoms with van der Waals surface area (Å²) in [6.45, 7) is 6.28. The van der Waals surface area contributed by atoms with Gasteiger partial charge in [-0.1, -0.05) is 0 Å². The molecule has 23 heavy (non-hydrogen) atoms. The molecule has 126 valence electrons. The summed E-state index contributed by atoms with van der Waals surface area (Å²) in [5, 5.41) is 3.18. The molecule has 0 radical (unpaired) electrons. The molecule has 1 spiro atoms. The summed E-state index contributed by atoms with van der Waals surface area (Å²) in [6.07, 6.45) is 6.24. The highest BCUT2D eigenvalue weighted by Gasteiger charge is 2.51. The Labute approximate surface area is 141 Å². The van der Waals surface area contributed by atoms with Crippen molar-refractivity contribution in [1.82, 2.24) is 14.8 Å². The first-order valence-corrected chi connectivity index (χ1v) is 9.62. The van der Waals surface area contributed by atoms with Gasteiger partial charge in [0.1, 0.15) is 5.01 Å². The predicted molar refractivity (Wildman–Crippen MR) is 89.2 cm³/mol. The van der Waals surface area contributed by atoms with E-state index < -0.39 is 0 Å². The van der Waals surface area contributed by atoms with Crippen LogP contribution in [0.5, 0.6) is 0 Å². The van der Waals surface area contributed by atoms with E-state index in [9.17, 15) is 4.79 Å². The summed E-state index contributed by atoms with van der Waals surface area (Å²) in [5.74, 6) is 0.538. The highest BCUT2D eigenvalue weighted by Crippen LogP contribution is 2.45. The fourth-order valence-electron chi connectivity index (χ4n) is 4.50. The summed E-state index contributed by atoms with van der Waals surface area (Å²) in [5.41, 5.74) is 0.120. The Morgan fingerprint density at radius 1 is 1.35 bits per heavy atom. The Morgan fingerprint density at radius 3 is 2.83 bits per heavy atom. The highest BCUT2D eigenvalue weighted by atomic mass is 32.1. The third-order valence-corrected chi connectivity index (χ3v) is 6.53. The summed E-state index contributed by atoms with van der Waals surface area (Å²) in [6, 6.07) is 0. The third kappa shape index (κ3) is 3.04. The molecule has 0 aliphatic carbocycles. The van der Waals surface area contributed by atoms with Crippen LogP contribution in [0.15, 0.2) is 11.6 Å². The number of ether oxygens (including phenoxy) is 1. The molecule has 1 aromatic heterocycles. The topological polar surface area (TPSA) is 45.7 Å². The average Bonchev–Trinajstić information content (AvgIpc) is 3.30. The molecule has 3 aliphatic rings. The summed E-state index contributed by atoms with van der Waals surface area (Å²) >= 11 is 1.71. The molecule has 6 heteroatoms. The molecule has 0 N–H and O–H groups in total. The molecular weight excluding hydrogens is 310 g/mol. The van der Waals surface area contributed by atoms with E-state index in [2.05, 4.69) is 14.8 Å². The predicted octanol–water partition coefficient (Wildman–Crippen LogP) is 1.99. The second-order valence-electron chi connectivity index (χ2n) is 7.16. The standard InChI is InChI=1S/C17H25N3O2S/c21-16(20-6-1-2-7-20)14-11-19(12-15-18-5-10-23-15)13-17(14)3-8-22-9-4-17/h5,10,14H,1-4,6-9,11-13H2. The van der Waals surface area contributed by atoms with Gasteiger partial charge in [-0.25, -0.2) is 4.98 Å². The number of carbonyl (C=O) groups excluding carboxylic acids is 1. The second-order valence-corrected chi connectivity index (χ2v) is 8.13. The fourth-order valence-corrected chi connectivity index (χ4v) is 5.15. The van der Waals surface area contributed by atoms with Crippen molar-refractivity contribution < 1.29 is 9.53 Å². The lowest BCUT2D eigenvalue weighted by Gasteiger charge is -2.38. The third-order valence-electron chi connectivity index (χ3n) is 5.77. The second kappa shape index (κ2) is 6.49. The molecule has 0 bridgehead atoms. The van der Waals surface area contributed by atoms with E-state index in [0.29, 0.717) is 5.91 Å². The Balaban J connectivity index is 1.52. The van der Waals surface area contributed by atoms with Crippen molar-refractivity contribution in [1.29, 1.82) is 0 Å². The largest absolute Gasteiger partial charge is 0.381 e. The van der Waals surface area contributed by atoms with Gasteiger partial charge in [0, 0.05) is 56.4 Å². The van der Waals surface area contributed by atoms with Gasteiger partial charge in [-0.05, 0) is 25.7 Å². The van der Waals surface area contributed by atoms with E-state index in [1.807, 2.05) is 11.6 Å². The first-order valence-electron chi connectivity index (χ1n) is 8.74. The van der Waals surface area contributed by atoms with Crippen LogP contribution in [0.1, 0.15) is 30.7 Å². The van der Waals surface area contributed by atoms with Crippen LogP contribution in [0.2, 0.25) is 0 Å². The van der Waals surface area contributed by atoms with Crippen molar-refractivity contribution in [3.63, 3.8) is 0 Å². The van der Waals surface area contributed by atoms with Crippen LogP contribution >= 0.6 is 11.3 Å². The summed E-state index contributed by atoms with van der Waals surface area (Å²) in [4.78, 5) is 22.1. The number of likely N-dealkylation sites (tertiary alicyclic amines) is 2. The van der Waals surface area contributed by atoms with Gasteiger partial charge in [-0.2, -0.15) is 0 Å². The molecule has 4 heterocycles. The smallest absolute Gasteiger partial charge is 0.227 e. The Kier molecular flexibility index (Phi) is 4.39. The molecule has 3 fully saturated rings. The number of thiazole rings is 1. The molecule has 1 unspecified atom stereocenters. The monoisotopic (exact) mass is 335 g/mol. The van der Waals surface area contributed by atoms with E-state index >= 15 is 0 Å². The maximum atomic E-state index is 13.1. The molecule has 1 amide bonds. The number of amides is 1. The lowest BCUT2D eigenvalue weighted by atomic mass is 9.71. The van der Waals surface area contributed by atoms with Crippen molar-refractivity contribution in [2.45, 2.75) is 32.2 Å². The van der Waals surface area contributed by atoms with E-state index in [1.54, 1.807) is 11.3 Å². The zero-order valence-corrected chi connectivity index (χ0v) is 14.4. The van der Waals surface area contributed by atoms with Gasteiger partial charge in [-0.15, -0.1) is 11.3 Å². The van der Waals surface area contributed by atoms with Crippen molar-refractivity contribution in [2.75, 3.05) is 39.4 Å². The molecule has 3 aliphatic heterocycles. The van der Waals surface area contributed by atoms with Crippen LogP contribution in [-0.4, -0.2) is 60.1 Å². The minimum absolute atomic E-state index is 0.120. The van der Waals surface area contributed by atoms with Gasteiger partial charge in [-0.3, -0.25) is 9.69 Å². The van der Waals surface area contributed by atoms with E-state index in [0.717, 1.165) is 76.6 Å². The quantitative estimate of drug-likeness (QED) is 0.847. The molecular formula is C17H25N3O2S. The SMILES string of the molecule is O=C(C1CN(Cc2nccs2)CC12CCOCC2)N1CCCC1. The number of hydrogen-bond donors (Lipinski definition) is 0. The van der Waals surface area contributed by atoms with Gasteiger partial charge >= 0.3 is 0 Å². The summed E-state index contributed by atoms with van der Waals surface area (Å²) in [7, 11) is 0. The van der Waals surface area contributed by atoms with E-state index in [4.69, 9.17) is 4.74 Å². The van der Waals surface area contributed by atoms with E-state index in [1.165, 1.54) is 0 Å². The zero-order valence-electron chi connectivity index (χ0n) is 13.6. The Hall–Kier alpha value is -0.980. The molecule has 1 aromatic rings.